The van der Waals surface area contributed by atoms with Crippen molar-refractivity contribution >= 4 is 22.9 Å². The highest BCUT2D eigenvalue weighted by Gasteiger charge is 2.17. The molecule has 1 N–H and O–H groups in total. The summed E-state index contributed by atoms with van der Waals surface area (Å²) in [5.41, 5.74) is 3.77. The Hall–Kier alpha value is -0.840. The van der Waals surface area contributed by atoms with Crippen LogP contribution >= 0.6 is 22.9 Å². The molecule has 0 saturated heterocycles. The summed E-state index contributed by atoms with van der Waals surface area (Å²) in [6, 6.07) is 2.32. The van der Waals surface area contributed by atoms with Crippen LogP contribution < -0.4 is 5.32 Å². The lowest BCUT2D eigenvalue weighted by atomic mass is 10.0. The minimum atomic E-state index is 0.330. The zero-order valence-corrected chi connectivity index (χ0v) is 14.8. The number of rotatable bonds is 7. The van der Waals surface area contributed by atoms with Gasteiger partial charge in [-0.1, -0.05) is 18.5 Å². The standard InChI is InChI=1S/C16H24ClN3S/c1-5-9-18-15(16-14(17)8-10-21-16)7-6-13-11(2)19-20(4)12(13)3/h8,10,15,18H,5-7,9H2,1-4H3. The number of nitrogens with zero attached hydrogens (tertiary/aromatic N) is 2. The van der Waals surface area contributed by atoms with Gasteiger partial charge in [-0.15, -0.1) is 11.3 Å². The molecule has 21 heavy (non-hydrogen) atoms. The first-order chi connectivity index (χ1) is 10.0. The SMILES string of the molecule is CCCNC(CCc1c(C)nn(C)c1C)c1sccc1Cl. The Morgan fingerprint density at radius 2 is 2.19 bits per heavy atom. The van der Waals surface area contributed by atoms with Gasteiger partial charge in [-0.25, -0.2) is 0 Å². The molecule has 1 unspecified atom stereocenters. The molecule has 2 rings (SSSR count). The summed E-state index contributed by atoms with van der Waals surface area (Å²) >= 11 is 8.06. The molecule has 0 amide bonds. The van der Waals surface area contributed by atoms with Crippen LogP contribution in [0.3, 0.4) is 0 Å². The van der Waals surface area contributed by atoms with Crippen LogP contribution in [0.4, 0.5) is 0 Å². The zero-order valence-electron chi connectivity index (χ0n) is 13.2. The van der Waals surface area contributed by atoms with Crippen LogP contribution in [0.25, 0.3) is 0 Å². The van der Waals surface area contributed by atoms with Gasteiger partial charge in [0.1, 0.15) is 0 Å². The van der Waals surface area contributed by atoms with Gasteiger partial charge in [0.2, 0.25) is 0 Å². The molecule has 0 saturated carbocycles. The van der Waals surface area contributed by atoms with Crippen molar-refractivity contribution in [2.75, 3.05) is 6.54 Å². The minimum Gasteiger partial charge on any atom is -0.309 e. The van der Waals surface area contributed by atoms with Gasteiger partial charge < -0.3 is 5.32 Å². The summed E-state index contributed by atoms with van der Waals surface area (Å²) in [6.45, 7) is 7.44. The summed E-state index contributed by atoms with van der Waals surface area (Å²) in [4.78, 5) is 1.25. The molecule has 0 aliphatic carbocycles. The van der Waals surface area contributed by atoms with E-state index in [9.17, 15) is 0 Å². The fourth-order valence-electron chi connectivity index (χ4n) is 2.67. The van der Waals surface area contributed by atoms with E-state index in [-0.39, 0.29) is 0 Å². The quantitative estimate of drug-likeness (QED) is 0.816. The topological polar surface area (TPSA) is 29.9 Å². The van der Waals surface area contributed by atoms with Crippen molar-refractivity contribution in [3.05, 3.63) is 38.3 Å². The number of nitrogens with one attached hydrogen (secondary N) is 1. The van der Waals surface area contributed by atoms with Crippen molar-refractivity contribution in [1.29, 1.82) is 0 Å². The van der Waals surface area contributed by atoms with E-state index in [4.69, 9.17) is 11.6 Å². The lowest BCUT2D eigenvalue weighted by molar-refractivity contribution is 0.505. The summed E-state index contributed by atoms with van der Waals surface area (Å²) in [5.74, 6) is 0. The molecule has 2 heterocycles. The Morgan fingerprint density at radius 3 is 2.71 bits per heavy atom. The molecular weight excluding hydrogens is 302 g/mol. The van der Waals surface area contributed by atoms with Gasteiger partial charge in [0, 0.05) is 23.7 Å². The second kappa shape index (κ2) is 7.43. The normalized spacial score (nSPS) is 12.8. The van der Waals surface area contributed by atoms with Gasteiger partial charge >= 0.3 is 0 Å². The van der Waals surface area contributed by atoms with Crippen LogP contribution in [-0.2, 0) is 13.5 Å². The van der Waals surface area contributed by atoms with Crippen molar-refractivity contribution in [2.45, 2.75) is 46.1 Å². The van der Waals surface area contributed by atoms with E-state index >= 15 is 0 Å². The first-order valence-corrected chi connectivity index (χ1v) is 8.75. The fraction of sp³-hybridized carbons (Fsp3) is 0.562. The zero-order chi connectivity index (χ0) is 15.4. The van der Waals surface area contributed by atoms with Crippen LogP contribution in [0.5, 0.6) is 0 Å². The summed E-state index contributed by atoms with van der Waals surface area (Å²) in [7, 11) is 2.01. The van der Waals surface area contributed by atoms with Gasteiger partial charge in [0.25, 0.3) is 0 Å². The second-order valence-electron chi connectivity index (χ2n) is 5.45. The van der Waals surface area contributed by atoms with Gasteiger partial charge in [-0.2, -0.15) is 5.10 Å². The van der Waals surface area contributed by atoms with Crippen LogP contribution in [0, 0.1) is 13.8 Å². The highest BCUT2D eigenvalue weighted by molar-refractivity contribution is 7.10. The van der Waals surface area contributed by atoms with Crippen molar-refractivity contribution in [1.82, 2.24) is 15.1 Å². The van der Waals surface area contributed by atoms with E-state index in [1.165, 1.54) is 16.1 Å². The molecule has 0 fully saturated rings. The highest BCUT2D eigenvalue weighted by Crippen LogP contribution is 2.32. The summed E-state index contributed by atoms with van der Waals surface area (Å²) in [6.07, 6.45) is 3.21. The van der Waals surface area contributed by atoms with Gasteiger partial charge in [0.15, 0.2) is 0 Å². The Morgan fingerprint density at radius 1 is 1.43 bits per heavy atom. The molecule has 3 nitrogen and oxygen atoms in total. The van der Waals surface area contributed by atoms with E-state index in [1.807, 2.05) is 17.8 Å². The molecule has 0 radical (unpaired) electrons. The molecule has 116 valence electrons. The van der Waals surface area contributed by atoms with Crippen LogP contribution in [0.15, 0.2) is 11.4 Å². The van der Waals surface area contributed by atoms with E-state index in [2.05, 4.69) is 36.6 Å². The average Bonchev–Trinajstić information content (AvgIpc) is 2.97. The third kappa shape index (κ3) is 3.87. The third-order valence-electron chi connectivity index (χ3n) is 3.94. The number of halogens is 1. The summed E-state index contributed by atoms with van der Waals surface area (Å²) < 4.78 is 1.97. The monoisotopic (exact) mass is 325 g/mol. The molecule has 0 aliphatic rings. The third-order valence-corrected chi connectivity index (χ3v) is 5.42. The second-order valence-corrected chi connectivity index (χ2v) is 6.81. The molecule has 5 heteroatoms. The van der Waals surface area contributed by atoms with E-state index < -0.39 is 0 Å². The van der Waals surface area contributed by atoms with Crippen LogP contribution in [0.2, 0.25) is 5.02 Å². The smallest absolute Gasteiger partial charge is 0.0628 e. The molecule has 2 aromatic rings. The average molecular weight is 326 g/mol. The van der Waals surface area contributed by atoms with E-state index in [1.54, 1.807) is 11.3 Å². The molecule has 0 bridgehead atoms. The Kier molecular flexibility index (Phi) is 5.85. The molecule has 0 aliphatic heterocycles. The summed E-state index contributed by atoms with van der Waals surface area (Å²) in [5, 5.41) is 11.1. The lowest BCUT2D eigenvalue weighted by Crippen LogP contribution is -2.22. The first kappa shape index (κ1) is 16.5. The van der Waals surface area contributed by atoms with Crippen molar-refractivity contribution in [3.8, 4) is 0 Å². The maximum Gasteiger partial charge on any atom is 0.0628 e. The highest BCUT2D eigenvalue weighted by atomic mass is 35.5. The van der Waals surface area contributed by atoms with Crippen molar-refractivity contribution < 1.29 is 0 Å². The Labute approximate surface area is 136 Å². The number of hydrogen-bond donors (Lipinski definition) is 1. The predicted octanol–water partition coefficient (Wildman–Crippen LogP) is 4.43. The van der Waals surface area contributed by atoms with Gasteiger partial charge in [-0.05, 0) is 56.7 Å². The molecule has 1 atom stereocenters. The Bertz CT molecular complexity index is 588. The molecular formula is C16H24ClN3S. The predicted molar refractivity (Wildman–Crippen MR) is 91.4 cm³/mol. The number of thiophene rings is 1. The van der Waals surface area contributed by atoms with Crippen LogP contribution in [-0.4, -0.2) is 16.3 Å². The minimum absolute atomic E-state index is 0.330. The van der Waals surface area contributed by atoms with Crippen molar-refractivity contribution in [2.24, 2.45) is 7.05 Å². The lowest BCUT2D eigenvalue weighted by Gasteiger charge is -2.18. The number of hydrogen-bond acceptors (Lipinski definition) is 3. The molecule has 0 spiro atoms. The number of aromatic nitrogens is 2. The maximum absolute atomic E-state index is 6.32. The van der Waals surface area contributed by atoms with E-state index in [0.29, 0.717) is 6.04 Å². The van der Waals surface area contributed by atoms with Crippen molar-refractivity contribution in [3.63, 3.8) is 0 Å². The number of aryl methyl sites for hydroxylation is 2. The fourth-order valence-corrected chi connectivity index (χ4v) is 3.97. The van der Waals surface area contributed by atoms with Crippen LogP contribution in [0.1, 0.15) is 47.6 Å². The first-order valence-electron chi connectivity index (χ1n) is 7.50. The molecule has 2 aromatic heterocycles. The maximum atomic E-state index is 6.32. The van der Waals surface area contributed by atoms with Gasteiger partial charge in [0.05, 0.1) is 10.7 Å². The Balaban J connectivity index is 2.10. The van der Waals surface area contributed by atoms with E-state index in [0.717, 1.165) is 36.5 Å². The largest absolute Gasteiger partial charge is 0.309 e. The molecule has 0 aromatic carbocycles. The van der Waals surface area contributed by atoms with Gasteiger partial charge in [-0.3, -0.25) is 4.68 Å².